The Morgan fingerprint density at radius 3 is 2.89 bits per heavy atom. The standard InChI is InChI=1S/C21H20N4O2/c1-13(2)18-17-11-16(12-24-21(17)27-25-18)20(26)23-10-8-15-6-3-5-14-7-4-9-22-19(14)15/h3-7,9,11-13H,8,10H2,1-2H3,(H,23,26). The van der Waals surface area contributed by atoms with Gasteiger partial charge in [-0.15, -0.1) is 0 Å². The van der Waals surface area contributed by atoms with Crippen LogP contribution < -0.4 is 5.32 Å². The molecular formula is C21H20N4O2. The Labute approximate surface area is 156 Å². The summed E-state index contributed by atoms with van der Waals surface area (Å²) < 4.78 is 5.23. The van der Waals surface area contributed by atoms with E-state index >= 15 is 0 Å². The number of nitrogens with one attached hydrogen (secondary N) is 1. The Balaban J connectivity index is 1.48. The molecule has 0 aliphatic carbocycles. The van der Waals surface area contributed by atoms with E-state index in [1.165, 1.54) is 6.20 Å². The number of hydrogen-bond acceptors (Lipinski definition) is 5. The second-order valence-electron chi connectivity index (χ2n) is 6.80. The zero-order valence-electron chi connectivity index (χ0n) is 15.3. The lowest BCUT2D eigenvalue weighted by Crippen LogP contribution is -2.25. The van der Waals surface area contributed by atoms with Crippen molar-refractivity contribution in [2.24, 2.45) is 0 Å². The summed E-state index contributed by atoms with van der Waals surface area (Å²) in [5, 5.41) is 8.90. The Hall–Kier alpha value is -3.28. The molecule has 1 N–H and O–H groups in total. The second-order valence-corrected chi connectivity index (χ2v) is 6.80. The minimum absolute atomic E-state index is 0.159. The molecule has 1 amide bonds. The molecule has 0 spiro atoms. The predicted molar refractivity (Wildman–Crippen MR) is 104 cm³/mol. The van der Waals surface area contributed by atoms with Gasteiger partial charge in [0.05, 0.1) is 22.2 Å². The molecule has 27 heavy (non-hydrogen) atoms. The van der Waals surface area contributed by atoms with E-state index in [1.54, 1.807) is 12.3 Å². The summed E-state index contributed by atoms with van der Waals surface area (Å²) in [6, 6.07) is 11.8. The van der Waals surface area contributed by atoms with Crippen molar-refractivity contribution in [1.29, 1.82) is 0 Å². The lowest BCUT2D eigenvalue weighted by molar-refractivity contribution is 0.0954. The Morgan fingerprint density at radius 2 is 2.04 bits per heavy atom. The van der Waals surface area contributed by atoms with E-state index in [2.05, 4.69) is 20.4 Å². The third-order valence-electron chi connectivity index (χ3n) is 4.56. The SMILES string of the molecule is CC(C)c1noc2ncc(C(=O)NCCc3cccc4cccnc34)cc12. The van der Waals surface area contributed by atoms with Gasteiger partial charge in [-0.3, -0.25) is 9.78 Å². The summed E-state index contributed by atoms with van der Waals surface area (Å²) in [7, 11) is 0. The Bertz CT molecular complexity index is 1110. The molecule has 4 rings (SSSR count). The first-order valence-electron chi connectivity index (χ1n) is 8.99. The number of nitrogens with zero attached hydrogens (tertiary/aromatic N) is 3. The van der Waals surface area contributed by atoms with Gasteiger partial charge in [0.2, 0.25) is 0 Å². The van der Waals surface area contributed by atoms with E-state index < -0.39 is 0 Å². The number of carbonyl (C=O) groups is 1. The van der Waals surface area contributed by atoms with Crippen LogP contribution in [0.1, 0.15) is 41.4 Å². The molecule has 0 unspecified atom stereocenters. The Morgan fingerprint density at radius 1 is 1.19 bits per heavy atom. The van der Waals surface area contributed by atoms with Crippen molar-refractivity contribution in [2.75, 3.05) is 6.54 Å². The Kier molecular flexibility index (Phi) is 4.54. The minimum Gasteiger partial charge on any atom is -0.352 e. The lowest BCUT2D eigenvalue weighted by atomic mass is 10.1. The van der Waals surface area contributed by atoms with Crippen LogP contribution in [0.25, 0.3) is 22.0 Å². The molecule has 0 atom stereocenters. The van der Waals surface area contributed by atoms with Crippen molar-refractivity contribution >= 4 is 27.9 Å². The van der Waals surface area contributed by atoms with Gasteiger partial charge in [-0.05, 0) is 30.0 Å². The number of aromatic nitrogens is 3. The van der Waals surface area contributed by atoms with Crippen LogP contribution in [0.3, 0.4) is 0 Å². The first-order chi connectivity index (χ1) is 13.1. The number of hydrogen-bond donors (Lipinski definition) is 1. The maximum absolute atomic E-state index is 12.5. The van der Waals surface area contributed by atoms with Gasteiger partial charge >= 0.3 is 0 Å². The van der Waals surface area contributed by atoms with Crippen molar-refractivity contribution in [1.82, 2.24) is 20.4 Å². The molecule has 0 saturated carbocycles. The van der Waals surface area contributed by atoms with E-state index in [9.17, 15) is 4.79 Å². The molecule has 6 heteroatoms. The van der Waals surface area contributed by atoms with Gasteiger partial charge < -0.3 is 9.84 Å². The average Bonchev–Trinajstić information content (AvgIpc) is 3.11. The van der Waals surface area contributed by atoms with Crippen molar-refractivity contribution in [2.45, 2.75) is 26.2 Å². The number of amides is 1. The fourth-order valence-corrected chi connectivity index (χ4v) is 3.17. The zero-order chi connectivity index (χ0) is 18.8. The molecule has 0 saturated heterocycles. The van der Waals surface area contributed by atoms with Crippen molar-refractivity contribution in [3.63, 3.8) is 0 Å². The zero-order valence-corrected chi connectivity index (χ0v) is 15.3. The summed E-state index contributed by atoms with van der Waals surface area (Å²) in [5.41, 5.74) is 3.86. The molecule has 0 bridgehead atoms. The highest BCUT2D eigenvalue weighted by atomic mass is 16.5. The topological polar surface area (TPSA) is 80.9 Å². The maximum Gasteiger partial charge on any atom is 0.257 e. The van der Waals surface area contributed by atoms with Gasteiger partial charge in [-0.25, -0.2) is 4.98 Å². The first-order valence-corrected chi connectivity index (χ1v) is 8.99. The van der Waals surface area contributed by atoms with E-state index in [0.717, 1.165) is 27.5 Å². The first kappa shape index (κ1) is 17.1. The molecule has 1 aromatic carbocycles. The van der Waals surface area contributed by atoms with Crippen LogP contribution in [0.5, 0.6) is 0 Å². The molecule has 3 heterocycles. The highest BCUT2D eigenvalue weighted by Gasteiger charge is 2.15. The predicted octanol–water partition coefficient (Wildman–Crippen LogP) is 3.87. The lowest BCUT2D eigenvalue weighted by Gasteiger charge is -2.08. The number of benzene rings is 1. The average molecular weight is 360 g/mol. The largest absolute Gasteiger partial charge is 0.352 e. The summed E-state index contributed by atoms with van der Waals surface area (Å²) in [6.07, 6.45) is 4.02. The summed E-state index contributed by atoms with van der Waals surface area (Å²) >= 11 is 0. The molecule has 4 aromatic rings. The third kappa shape index (κ3) is 3.38. The van der Waals surface area contributed by atoms with Gasteiger partial charge in [0.15, 0.2) is 0 Å². The normalized spacial score (nSPS) is 11.4. The number of carbonyl (C=O) groups excluding carboxylic acids is 1. The van der Waals surface area contributed by atoms with E-state index in [0.29, 0.717) is 24.2 Å². The third-order valence-corrected chi connectivity index (χ3v) is 4.56. The van der Waals surface area contributed by atoms with Gasteiger partial charge in [0.1, 0.15) is 0 Å². The van der Waals surface area contributed by atoms with Gasteiger partial charge in [-0.1, -0.05) is 43.3 Å². The van der Waals surface area contributed by atoms with Crippen LogP contribution in [0, 0.1) is 0 Å². The van der Waals surface area contributed by atoms with E-state index in [-0.39, 0.29) is 11.8 Å². The van der Waals surface area contributed by atoms with Crippen molar-refractivity contribution in [3.8, 4) is 0 Å². The molecule has 0 radical (unpaired) electrons. The monoisotopic (exact) mass is 360 g/mol. The van der Waals surface area contributed by atoms with E-state index in [4.69, 9.17) is 4.52 Å². The summed E-state index contributed by atoms with van der Waals surface area (Å²) in [4.78, 5) is 21.2. The van der Waals surface area contributed by atoms with Crippen LogP contribution in [0.2, 0.25) is 0 Å². The highest BCUT2D eigenvalue weighted by molar-refractivity contribution is 5.97. The second kappa shape index (κ2) is 7.15. The summed E-state index contributed by atoms with van der Waals surface area (Å²) in [6.45, 7) is 4.58. The molecular weight excluding hydrogens is 340 g/mol. The van der Waals surface area contributed by atoms with Crippen LogP contribution >= 0.6 is 0 Å². The molecule has 0 aliphatic rings. The van der Waals surface area contributed by atoms with E-state index in [1.807, 2.05) is 44.2 Å². The van der Waals surface area contributed by atoms with Crippen LogP contribution in [-0.2, 0) is 6.42 Å². The maximum atomic E-state index is 12.5. The fourth-order valence-electron chi connectivity index (χ4n) is 3.17. The molecule has 6 nitrogen and oxygen atoms in total. The number of fused-ring (bicyclic) bond motifs is 2. The van der Waals surface area contributed by atoms with Crippen LogP contribution in [0.15, 0.2) is 53.3 Å². The van der Waals surface area contributed by atoms with Gasteiger partial charge in [0, 0.05) is 24.3 Å². The van der Waals surface area contributed by atoms with Gasteiger partial charge in [-0.2, -0.15) is 0 Å². The molecule has 3 aromatic heterocycles. The minimum atomic E-state index is -0.159. The number of para-hydroxylation sites is 1. The molecule has 136 valence electrons. The van der Waals surface area contributed by atoms with Crippen molar-refractivity contribution in [3.05, 3.63) is 65.6 Å². The van der Waals surface area contributed by atoms with Gasteiger partial charge in [0.25, 0.3) is 11.6 Å². The molecule has 0 aliphatic heterocycles. The summed E-state index contributed by atoms with van der Waals surface area (Å²) in [5.74, 6) is 0.0405. The molecule has 0 fully saturated rings. The highest BCUT2D eigenvalue weighted by Crippen LogP contribution is 2.24. The van der Waals surface area contributed by atoms with Crippen LogP contribution in [0.4, 0.5) is 0 Å². The number of rotatable bonds is 5. The smallest absolute Gasteiger partial charge is 0.257 e. The van der Waals surface area contributed by atoms with Crippen LogP contribution in [-0.4, -0.2) is 27.6 Å². The van der Waals surface area contributed by atoms with Crippen molar-refractivity contribution < 1.29 is 9.32 Å². The quantitative estimate of drug-likeness (QED) is 0.584. The fraction of sp³-hybridized carbons (Fsp3) is 0.238. The number of pyridine rings is 2.